The second kappa shape index (κ2) is 6.39. The molecule has 1 fully saturated rings. The lowest BCUT2D eigenvalue weighted by molar-refractivity contribution is -0.116. The standard InChI is InChI=1S/C21H21NO4S/c1-13-3-7-18(8-4-13)27(25,26)22-11-17-10-20(24)21(19(17)12-22)16-6-5-15(9-16)14(2)23/h3-9,16-17H,10-12H2,1-2H3. The summed E-state index contributed by atoms with van der Waals surface area (Å²) in [5.74, 6) is -0.247. The highest BCUT2D eigenvalue weighted by molar-refractivity contribution is 7.89. The Bertz CT molecular complexity index is 1030. The quantitative estimate of drug-likeness (QED) is 0.801. The first-order valence-corrected chi connectivity index (χ1v) is 10.5. The molecule has 3 aliphatic rings. The molecule has 6 heteroatoms. The van der Waals surface area contributed by atoms with E-state index in [4.69, 9.17) is 0 Å². The van der Waals surface area contributed by atoms with Gasteiger partial charge in [0.1, 0.15) is 0 Å². The van der Waals surface area contributed by atoms with Gasteiger partial charge in [-0.15, -0.1) is 0 Å². The van der Waals surface area contributed by atoms with Crippen molar-refractivity contribution in [2.24, 2.45) is 11.8 Å². The summed E-state index contributed by atoms with van der Waals surface area (Å²) in [6, 6.07) is 6.83. The number of rotatable bonds is 4. The molecule has 1 aromatic rings. The molecular formula is C21H21NO4S. The van der Waals surface area contributed by atoms with E-state index in [1.807, 2.05) is 19.1 Å². The van der Waals surface area contributed by atoms with Crippen LogP contribution in [-0.2, 0) is 19.6 Å². The van der Waals surface area contributed by atoms with Crippen molar-refractivity contribution in [3.05, 3.63) is 64.8 Å². The second-order valence-electron chi connectivity index (χ2n) is 7.44. The van der Waals surface area contributed by atoms with Crippen LogP contribution in [0.5, 0.6) is 0 Å². The molecule has 1 aliphatic heterocycles. The maximum absolute atomic E-state index is 13.0. The molecule has 0 amide bonds. The van der Waals surface area contributed by atoms with Crippen LogP contribution >= 0.6 is 0 Å². The van der Waals surface area contributed by atoms with Crippen LogP contribution in [0.15, 0.2) is 64.1 Å². The molecule has 5 nitrogen and oxygen atoms in total. The molecule has 0 aromatic heterocycles. The summed E-state index contributed by atoms with van der Waals surface area (Å²) in [6.45, 7) is 3.99. The third-order valence-electron chi connectivity index (χ3n) is 5.58. The van der Waals surface area contributed by atoms with Crippen molar-refractivity contribution in [1.29, 1.82) is 0 Å². The minimum atomic E-state index is -3.59. The van der Waals surface area contributed by atoms with Crippen LogP contribution in [0.25, 0.3) is 0 Å². The molecule has 1 heterocycles. The molecule has 0 radical (unpaired) electrons. The lowest BCUT2D eigenvalue weighted by atomic mass is 9.95. The Morgan fingerprint density at radius 1 is 1.19 bits per heavy atom. The van der Waals surface area contributed by atoms with Crippen molar-refractivity contribution in [2.45, 2.75) is 25.2 Å². The summed E-state index contributed by atoms with van der Waals surface area (Å²) >= 11 is 0. The number of carbonyl (C=O) groups is 2. The Labute approximate surface area is 159 Å². The van der Waals surface area contributed by atoms with E-state index in [0.717, 1.165) is 11.1 Å². The van der Waals surface area contributed by atoms with Gasteiger partial charge in [-0.1, -0.05) is 35.9 Å². The second-order valence-corrected chi connectivity index (χ2v) is 9.37. The molecule has 0 spiro atoms. The first-order chi connectivity index (χ1) is 12.8. The average Bonchev–Trinajstić information content (AvgIpc) is 3.29. The van der Waals surface area contributed by atoms with E-state index in [-0.39, 0.29) is 34.8 Å². The van der Waals surface area contributed by atoms with Crippen molar-refractivity contribution in [1.82, 2.24) is 4.31 Å². The minimum Gasteiger partial charge on any atom is -0.295 e. The fourth-order valence-electron chi connectivity index (χ4n) is 4.11. The zero-order chi connectivity index (χ0) is 19.3. The molecule has 2 aliphatic carbocycles. The minimum absolute atomic E-state index is 0.0312. The van der Waals surface area contributed by atoms with Gasteiger partial charge in [-0.2, -0.15) is 4.31 Å². The molecule has 2 atom stereocenters. The third kappa shape index (κ3) is 3.03. The van der Waals surface area contributed by atoms with Crippen molar-refractivity contribution in [2.75, 3.05) is 13.1 Å². The van der Waals surface area contributed by atoms with Gasteiger partial charge >= 0.3 is 0 Å². The number of benzene rings is 1. The highest BCUT2D eigenvalue weighted by Gasteiger charge is 2.44. The normalized spacial score (nSPS) is 25.3. The fourth-order valence-corrected chi connectivity index (χ4v) is 5.58. The maximum Gasteiger partial charge on any atom is 0.243 e. The molecule has 0 saturated carbocycles. The van der Waals surface area contributed by atoms with Crippen LogP contribution in [0.2, 0.25) is 0 Å². The summed E-state index contributed by atoms with van der Waals surface area (Å²) in [7, 11) is -3.59. The zero-order valence-electron chi connectivity index (χ0n) is 15.3. The van der Waals surface area contributed by atoms with E-state index >= 15 is 0 Å². The van der Waals surface area contributed by atoms with E-state index in [2.05, 4.69) is 0 Å². The Morgan fingerprint density at radius 3 is 2.52 bits per heavy atom. The van der Waals surface area contributed by atoms with Crippen LogP contribution in [0.4, 0.5) is 0 Å². The summed E-state index contributed by atoms with van der Waals surface area (Å²) < 4.78 is 27.4. The van der Waals surface area contributed by atoms with E-state index in [1.54, 1.807) is 30.3 Å². The number of allylic oxidation sites excluding steroid dienone is 5. The maximum atomic E-state index is 13.0. The Balaban J connectivity index is 1.65. The predicted molar refractivity (Wildman–Crippen MR) is 101 cm³/mol. The van der Waals surface area contributed by atoms with E-state index in [1.165, 1.54) is 11.2 Å². The number of sulfonamides is 1. The van der Waals surface area contributed by atoms with Gasteiger partial charge in [-0.3, -0.25) is 9.59 Å². The molecule has 27 heavy (non-hydrogen) atoms. The van der Waals surface area contributed by atoms with Crippen LogP contribution in [0.3, 0.4) is 0 Å². The first kappa shape index (κ1) is 18.1. The van der Waals surface area contributed by atoms with Gasteiger partial charge in [-0.05, 0) is 31.6 Å². The van der Waals surface area contributed by atoms with E-state index < -0.39 is 10.0 Å². The van der Waals surface area contributed by atoms with E-state index in [9.17, 15) is 18.0 Å². The van der Waals surface area contributed by atoms with Crippen LogP contribution in [0, 0.1) is 18.8 Å². The topological polar surface area (TPSA) is 71.5 Å². The number of nitrogens with zero attached hydrogens (tertiary/aromatic N) is 1. The summed E-state index contributed by atoms with van der Waals surface area (Å²) in [4.78, 5) is 24.4. The van der Waals surface area contributed by atoms with Crippen molar-refractivity contribution >= 4 is 21.6 Å². The van der Waals surface area contributed by atoms with Crippen LogP contribution in [0.1, 0.15) is 18.9 Å². The Morgan fingerprint density at radius 2 is 1.89 bits per heavy atom. The third-order valence-corrected chi connectivity index (χ3v) is 7.41. The average molecular weight is 383 g/mol. The highest BCUT2D eigenvalue weighted by atomic mass is 32.2. The first-order valence-electron chi connectivity index (χ1n) is 9.01. The molecule has 4 rings (SSSR count). The number of fused-ring (bicyclic) bond motifs is 1. The van der Waals surface area contributed by atoms with E-state index in [0.29, 0.717) is 24.1 Å². The molecule has 1 saturated heterocycles. The monoisotopic (exact) mass is 383 g/mol. The Kier molecular flexibility index (Phi) is 4.28. The zero-order valence-corrected chi connectivity index (χ0v) is 16.1. The SMILES string of the molecule is CC(=O)C1=CC(C2=C3CN(S(=O)(=O)c4ccc(C)cc4)CC3CC2=O)C=C1. The summed E-state index contributed by atoms with van der Waals surface area (Å²) in [5.41, 5.74) is 3.19. The predicted octanol–water partition coefficient (Wildman–Crippen LogP) is 2.59. The highest BCUT2D eigenvalue weighted by Crippen LogP contribution is 2.42. The van der Waals surface area contributed by atoms with Gasteiger partial charge in [0.25, 0.3) is 0 Å². The number of aryl methyl sites for hydroxylation is 1. The molecule has 0 N–H and O–H groups in total. The number of carbonyl (C=O) groups excluding carboxylic acids is 2. The smallest absolute Gasteiger partial charge is 0.243 e. The van der Waals surface area contributed by atoms with Gasteiger partial charge in [0.2, 0.25) is 10.0 Å². The molecular weight excluding hydrogens is 362 g/mol. The summed E-state index contributed by atoms with van der Waals surface area (Å²) in [5, 5.41) is 0. The fraction of sp³-hybridized carbons (Fsp3) is 0.333. The van der Waals surface area contributed by atoms with Crippen molar-refractivity contribution < 1.29 is 18.0 Å². The van der Waals surface area contributed by atoms with Crippen molar-refractivity contribution in [3.63, 3.8) is 0 Å². The molecule has 2 unspecified atom stereocenters. The number of ketones is 2. The summed E-state index contributed by atoms with van der Waals surface area (Å²) in [6.07, 6.45) is 5.76. The largest absolute Gasteiger partial charge is 0.295 e. The van der Waals surface area contributed by atoms with Gasteiger partial charge in [0, 0.05) is 42.5 Å². The Hall–Kier alpha value is -2.31. The molecule has 0 bridgehead atoms. The van der Waals surface area contributed by atoms with Gasteiger partial charge in [0.15, 0.2) is 11.6 Å². The van der Waals surface area contributed by atoms with Gasteiger partial charge in [-0.25, -0.2) is 8.42 Å². The van der Waals surface area contributed by atoms with Crippen LogP contribution < -0.4 is 0 Å². The number of hydrogen-bond acceptors (Lipinski definition) is 4. The van der Waals surface area contributed by atoms with Crippen LogP contribution in [-0.4, -0.2) is 37.4 Å². The van der Waals surface area contributed by atoms with Crippen molar-refractivity contribution in [3.8, 4) is 0 Å². The molecule has 1 aromatic carbocycles. The number of Topliss-reactive ketones (excluding diaryl/α,β-unsaturated/α-hetero) is 2. The lowest BCUT2D eigenvalue weighted by Gasteiger charge is -2.17. The number of hydrogen-bond donors (Lipinski definition) is 0. The lowest BCUT2D eigenvalue weighted by Crippen LogP contribution is -2.30. The molecule has 140 valence electrons. The van der Waals surface area contributed by atoms with Gasteiger partial charge in [0.05, 0.1) is 4.90 Å². The van der Waals surface area contributed by atoms with Gasteiger partial charge < -0.3 is 0 Å².